The first-order valence-electron chi connectivity index (χ1n) is 4.67. The van der Waals surface area contributed by atoms with Crippen LogP contribution in [-0.4, -0.2) is 35.2 Å². The predicted octanol–water partition coefficient (Wildman–Crippen LogP) is 0.460. The molecule has 1 aliphatic carbocycles. The van der Waals surface area contributed by atoms with E-state index < -0.39 is 0 Å². The van der Waals surface area contributed by atoms with E-state index >= 15 is 0 Å². The normalized spacial score (nSPS) is 61.1. The average molecular weight is 153 g/mol. The first kappa shape index (κ1) is 6.44. The molecule has 2 aliphatic heterocycles. The molecule has 4 unspecified atom stereocenters. The zero-order chi connectivity index (χ0) is 7.59. The van der Waals surface area contributed by atoms with Crippen LogP contribution in [0.4, 0.5) is 0 Å². The van der Waals surface area contributed by atoms with Gasteiger partial charge in [-0.2, -0.15) is 0 Å². The van der Waals surface area contributed by atoms with E-state index in [-0.39, 0.29) is 6.10 Å². The summed E-state index contributed by atoms with van der Waals surface area (Å²) in [6.07, 6.45) is 3.53. The Kier molecular flexibility index (Phi) is 1.06. The lowest BCUT2D eigenvalue weighted by atomic mass is 9.96. The van der Waals surface area contributed by atoms with Crippen molar-refractivity contribution in [2.45, 2.75) is 37.5 Å². The maximum atomic E-state index is 9.52. The molecule has 1 N–H and O–H groups in total. The molecule has 2 heterocycles. The highest BCUT2D eigenvalue weighted by Crippen LogP contribution is 2.57. The second kappa shape index (κ2) is 1.80. The molecule has 3 rings (SSSR count). The van der Waals surface area contributed by atoms with Gasteiger partial charge in [0, 0.05) is 12.1 Å². The van der Waals surface area contributed by atoms with E-state index in [1.54, 1.807) is 0 Å². The highest BCUT2D eigenvalue weighted by molar-refractivity contribution is 5.12. The number of nitrogens with zero attached hydrogens (tertiary/aromatic N) is 1. The molecule has 62 valence electrons. The van der Waals surface area contributed by atoms with Gasteiger partial charge in [0.15, 0.2) is 0 Å². The van der Waals surface area contributed by atoms with Crippen LogP contribution in [0.2, 0.25) is 0 Å². The van der Waals surface area contributed by atoms with Crippen molar-refractivity contribution in [3.63, 3.8) is 0 Å². The Labute approximate surface area is 67.2 Å². The largest absolute Gasteiger partial charge is 0.393 e. The first-order chi connectivity index (χ1) is 5.27. The van der Waals surface area contributed by atoms with Crippen LogP contribution in [0.3, 0.4) is 0 Å². The summed E-state index contributed by atoms with van der Waals surface area (Å²) < 4.78 is 0. The van der Waals surface area contributed by atoms with Crippen molar-refractivity contribution in [2.24, 2.45) is 11.8 Å². The average Bonchev–Trinajstić information content (AvgIpc) is 2.66. The Bertz CT molecular complexity index is 176. The second-order valence-electron chi connectivity index (χ2n) is 4.49. The van der Waals surface area contributed by atoms with Gasteiger partial charge in [0.1, 0.15) is 0 Å². The zero-order valence-corrected chi connectivity index (χ0v) is 6.90. The molecular formula is C9H15NO. The SMILES string of the molecule is CN1C2CC(O)CC1C1CC12. The standard InChI is InChI=1S/C9H15NO/c1-10-8-2-5(11)3-9(10)7-4-6(7)8/h5-9,11H,2-4H2,1H3. The number of piperidine rings is 2. The summed E-state index contributed by atoms with van der Waals surface area (Å²) in [5.74, 6) is 1.92. The number of rotatable bonds is 0. The van der Waals surface area contributed by atoms with Crippen LogP contribution in [0, 0.1) is 11.8 Å². The maximum absolute atomic E-state index is 9.52. The molecule has 0 aromatic rings. The molecule has 0 spiro atoms. The summed E-state index contributed by atoms with van der Waals surface area (Å²) in [7, 11) is 2.23. The Morgan fingerprint density at radius 1 is 1.09 bits per heavy atom. The molecule has 4 atom stereocenters. The summed E-state index contributed by atoms with van der Waals surface area (Å²) in [6, 6.07) is 1.46. The zero-order valence-electron chi connectivity index (χ0n) is 6.90. The molecule has 11 heavy (non-hydrogen) atoms. The van der Waals surface area contributed by atoms with Gasteiger partial charge < -0.3 is 5.11 Å². The molecule has 0 aromatic heterocycles. The molecule has 2 bridgehead atoms. The Morgan fingerprint density at radius 3 is 2.18 bits per heavy atom. The van der Waals surface area contributed by atoms with Crippen molar-refractivity contribution in [3.05, 3.63) is 0 Å². The number of hydrogen-bond acceptors (Lipinski definition) is 2. The van der Waals surface area contributed by atoms with Gasteiger partial charge in [0.2, 0.25) is 0 Å². The van der Waals surface area contributed by atoms with Crippen molar-refractivity contribution in [1.82, 2.24) is 4.90 Å². The fraction of sp³-hybridized carbons (Fsp3) is 1.00. The van der Waals surface area contributed by atoms with Gasteiger partial charge >= 0.3 is 0 Å². The number of aliphatic hydroxyl groups excluding tert-OH is 1. The van der Waals surface area contributed by atoms with E-state index in [0.29, 0.717) is 0 Å². The van der Waals surface area contributed by atoms with Crippen LogP contribution in [-0.2, 0) is 0 Å². The number of fused-ring (bicyclic) bond motifs is 5. The van der Waals surface area contributed by atoms with E-state index in [1.807, 2.05) is 0 Å². The Morgan fingerprint density at radius 2 is 1.64 bits per heavy atom. The van der Waals surface area contributed by atoms with Crippen LogP contribution < -0.4 is 0 Å². The highest BCUT2D eigenvalue weighted by atomic mass is 16.3. The molecule has 0 amide bonds. The van der Waals surface area contributed by atoms with Crippen molar-refractivity contribution in [2.75, 3.05) is 7.05 Å². The van der Waals surface area contributed by atoms with Crippen LogP contribution in [0.5, 0.6) is 0 Å². The molecule has 2 nitrogen and oxygen atoms in total. The molecule has 1 saturated carbocycles. The fourth-order valence-corrected chi connectivity index (χ4v) is 3.31. The van der Waals surface area contributed by atoms with Gasteiger partial charge in [-0.25, -0.2) is 0 Å². The molecule has 2 saturated heterocycles. The van der Waals surface area contributed by atoms with E-state index in [4.69, 9.17) is 0 Å². The van der Waals surface area contributed by atoms with Gasteiger partial charge in [-0.3, -0.25) is 4.90 Å². The second-order valence-corrected chi connectivity index (χ2v) is 4.49. The van der Waals surface area contributed by atoms with Gasteiger partial charge in [0.25, 0.3) is 0 Å². The third kappa shape index (κ3) is 0.695. The lowest BCUT2D eigenvalue weighted by molar-refractivity contribution is 0.0325. The van der Waals surface area contributed by atoms with Crippen LogP contribution in [0.15, 0.2) is 0 Å². The molecular weight excluding hydrogens is 138 g/mol. The monoisotopic (exact) mass is 153 g/mol. The first-order valence-corrected chi connectivity index (χ1v) is 4.67. The van der Waals surface area contributed by atoms with Gasteiger partial charge in [0.05, 0.1) is 6.10 Å². The quantitative estimate of drug-likeness (QED) is 0.546. The van der Waals surface area contributed by atoms with E-state index in [0.717, 1.165) is 36.8 Å². The third-order valence-electron chi connectivity index (χ3n) is 3.95. The van der Waals surface area contributed by atoms with Crippen LogP contribution in [0.25, 0.3) is 0 Å². The fourth-order valence-electron chi connectivity index (χ4n) is 3.31. The van der Waals surface area contributed by atoms with Crippen LogP contribution in [0.1, 0.15) is 19.3 Å². The molecule has 0 aromatic carbocycles. The Hall–Kier alpha value is -0.0800. The molecule has 2 heteroatoms. The summed E-state index contributed by atoms with van der Waals surface area (Å²) >= 11 is 0. The van der Waals surface area contributed by atoms with E-state index in [1.165, 1.54) is 6.42 Å². The lowest BCUT2D eigenvalue weighted by Crippen LogP contribution is -2.45. The summed E-state index contributed by atoms with van der Waals surface area (Å²) in [6.45, 7) is 0. The Balaban J connectivity index is 1.90. The van der Waals surface area contributed by atoms with Gasteiger partial charge in [-0.05, 0) is 38.1 Å². The van der Waals surface area contributed by atoms with Crippen molar-refractivity contribution in [3.8, 4) is 0 Å². The minimum Gasteiger partial charge on any atom is -0.393 e. The smallest absolute Gasteiger partial charge is 0.0570 e. The highest BCUT2D eigenvalue weighted by Gasteiger charge is 2.59. The minimum absolute atomic E-state index is 0.00833. The minimum atomic E-state index is 0.00833. The van der Waals surface area contributed by atoms with E-state index in [2.05, 4.69) is 11.9 Å². The predicted molar refractivity (Wildman–Crippen MR) is 42.2 cm³/mol. The van der Waals surface area contributed by atoms with Crippen LogP contribution >= 0.6 is 0 Å². The third-order valence-corrected chi connectivity index (χ3v) is 3.95. The topological polar surface area (TPSA) is 23.5 Å². The summed E-state index contributed by atoms with van der Waals surface area (Å²) in [5.41, 5.74) is 0. The lowest BCUT2D eigenvalue weighted by Gasteiger charge is -2.37. The summed E-state index contributed by atoms with van der Waals surface area (Å²) in [4.78, 5) is 2.51. The number of hydrogen-bond donors (Lipinski definition) is 1. The van der Waals surface area contributed by atoms with Crippen molar-refractivity contribution in [1.29, 1.82) is 0 Å². The van der Waals surface area contributed by atoms with Crippen molar-refractivity contribution >= 4 is 0 Å². The van der Waals surface area contributed by atoms with Gasteiger partial charge in [-0.1, -0.05) is 0 Å². The maximum Gasteiger partial charge on any atom is 0.0570 e. The number of aliphatic hydroxyl groups is 1. The molecule has 3 aliphatic rings. The van der Waals surface area contributed by atoms with Crippen molar-refractivity contribution < 1.29 is 5.11 Å². The summed E-state index contributed by atoms with van der Waals surface area (Å²) in [5, 5.41) is 9.52. The van der Waals surface area contributed by atoms with E-state index in [9.17, 15) is 5.11 Å². The van der Waals surface area contributed by atoms with Gasteiger partial charge in [-0.15, -0.1) is 0 Å². The molecule has 3 fully saturated rings. The molecule has 0 radical (unpaired) electrons.